The van der Waals surface area contributed by atoms with Gasteiger partial charge in [-0.05, 0) is 50.1 Å². The summed E-state index contributed by atoms with van der Waals surface area (Å²) in [5.74, 6) is -3.85. The maximum Gasteiger partial charge on any atom is 0.284 e. The van der Waals surface area contributed by atoms with Crippen LogP contribution < -0.4 is 20.9 Å². The monoisotopic (exact) mass is 519 g/mol. The molecule has 1 aliphatic carbocycles. The molecule has 1 aliphatic rings. The zero-order valence-corrected chi connectivity index (χ0v) is 20.5. The molecule has 9 nitrogen and oxygen atoms in total. The highest BCUT2D eigenvalue weighted by Gasteiger charge is 2.30. The molecule has 38 heavy (non-hydrogen) atoms. The van der Waals surface area contributed by atoms with E-state index in [2.05, 4.69) is 15.6 Å². The SMILES string of the molecule is Cc1c(C(=O)Nc2ccc(Oc3ccnc(NC(=O)C4CC4)c3)c(F)c2F)c(=O)n(-c2ccccc2)n1C. The molecule has 0 bridgehead atoms. The number of hydrogen-bond donors (Lipinski definition) is 2. The van der Waals surface area contributed by atoms with Crippen LogP contribution in [-0.2, 0) is 11.8 Å². The Bertz CT molecular complexity index is 1610. The lowest BCUT2D eigenvalue weighted by Gasteiger charge is -2.11. The van der Waals surface area contributed by atoms with E-state index in [-0.39, 0.29) is 29.0 Å². The largest absolute Gasteiger partial charge is 0.454 e. The fourth-order valence-corrected chi connectivity index (χ4v) is 3.97. The first-order chi connectivity index (χ1) is 18.2. The molecule has 0 radical (unpaired) electrons. The predicted octanol–water partition coefficient (Wildman–Crippen LogP) is 4.55. The summed E-state index contributed by atoms with van der Waals surface area (Å²) in [6, 6.07) is 13.8. The lowest BCUT2D eigenvalue weighted by atomic mass is 10.2. The minimum atomic E-state index is -1.36. The van der Waals surface area contributed by atoms with Crippen molar-refractivity contribution in [1.82, 2.24) is 14.3 Å². The second-order valence-electron chi connectivity index (χ2n) is 8.87. The van der Waals surface area contributed by atoms with Gasteiger partial charge < -0.3 is 15.4 Å². The Kier molecular flexibility index (Phi) is 6.50. The van der Waals surface area contributed by atoms with Crippen molar-refractivity contribution >= 4 is 23.3 Å². The van der Waals surface area contributed by atoms with Gasteiger partial charge in [0.25, 0.3) is 11.5 Å². The Labute approximate surface area is 215 Å². The van der Waals surface area contributed by atoms with Gasteiger partial charge in [-0.2, -0.15) is 4.39 Å². The number of nitrogens with one attached hydrogen (secondary N) is 2. The highest BCUT2D eigenvalue weighted by atomic mass is 19.2. The molecule has 5 rings (SSSR count). The molecule has 0 unspecified atom stereocenters. The summed E-state index contributed by atoms with van der Waals surface area (Å²) in [6.07, 6.45) is 3.01. The number of para-hydroxylation sites is 1. The molecule has 11 heteroatoms. The van der Waals surface area contributed by atoms with E-state index in [9.17, 15) is 23.2 Å². The smallest absolute Gasteiger partial charge is 0.284 e. The van der Waals surface area contributed by atoms with Crippen molar-refractivity contribution in [2.75, 3.05) is 10.6 Å². The number of pyridine rings is 1. The van der Waals surface area contributed by atoms with Gasteiger partial charge >= 0.3 is 0 Å². The lowest BCUT2D eigenvalue weighted by Crippen LogP contribution is -2.25. The van der Waals surface area contributed by atoms with Crippen molar-refractivity contribution in [3.8, 4) is 17.2 Å². The number of anilines is 2. The zero-order chi connectivity index (χ0) is 27.0. The number of hydrogen-bond acceptors (Lipinski definition) is 5. The van der Waals surface area contributed by atoms with Gasteiger partial charge in [-0.25, -0.2) is 14.1 Å². The van der Waals surface area contributed by atoms with Crippen molar-refractivity contribution in [2.24, 2.45) is 13.0 Å². The van der Waals surface area contributed by atoms with Gasteiger partial charge in [-0.1, -0.05) is 18.2 Å². The number of halogens is 2. The van der Waals surface area contributed by atoms with E-state index < -0.39 is 34.5 Å². The molecule has 4 aromatic rings. The molecule has 2 N–H and O–H groups in total. The second-order valence-corrected chi connectivity index (χ2v) is 8.87. The van der Waals surface area contributed by atoms with Crippen molar-refractivity contribution in [2.45, 2.75) is 19.8 Å². The van der Waals surface area contributed by atoms with Crippen LogP contribution in [0.25, 0.3) is 5.69 Å². The predicted molar refractivity (Wildman–Crippen MR) is 136 cm³/mol. The van der Waals surface area contributed by atoms with Crippen LogP contribution >= 0.6 is 0 Å². The third-order valence-corrected chi connectivity index (χ3v) is 6.23. The van der Waals surface area contributed by atoms with E-state index in [0.29, 0.717) is 11.4 Å². The van der Waals surface area contributed by atoms with E-state index in [1.807, 2.05) is 0 Å². The van der Waals surface area contributed by atoms with Crippen LogP contribution in [0.5, 0.6) is 11.5 Å². The average molecular weight is 520 g/mol. The Hall–Kier alpha value is -4.80. The molecule has 1 fully saturated rings. The second kappa shape index (κ2) is 9.92. The first-order valence-electron chi connectivity index (χ1n) is 11.8. The average Bonchev–Trinajstić information content (AvgIpc) is 3.72. The molecule has 1 saturated carbocycles. The number of amides is 2. The molecule has 0 saturated heterocycles. The topological polar surface area (TPSA) is 107 Å². The first-order valence-corrected chi connectivity index (χ1v) is 11.8. The number of rotatable bonds is 7. The number of carbonyl (C=O) groups excluding carboxylic acids is 2. The van der Waals surface area contributed by atoms with E-state index in [1.165, 1.54) is 27.7 Å². The van der Waals surface area contributed by atoms with Crippen molar-refractivity contribution in [3.05, 3.63) is 94.0 Å². The van der Waals surface area contributed by atoms with E-state index >= 15 is 0 Å². The first kappa shape index (κ1) is 24.9. The van der Waals surface area contributed by atoms with Crippen molar-refractivity contribution in [3.63, 3.8) is 0 Å². The Balaban J connectivity index is 1.36. The number of carbonyl (C=O) groups is 2. The van der Waals surface area contributed by atoms with Crippen LogP contribution in [0.2, 0.25) is 0 Å². The molecular weight excluding hydrogens is 496 g/mol. The number of aromatic nitrogens is 3. The van der Waals surface area contributed by atoms with Gasteiger partial charge in [0, 0.05) is 25.2 Å². The quantitative estimate of drug-likeness (QED) is 0.373. The van der Waals surface area contributed by atoms with Gasteiger partial charge in [-0.15, -0.1) is 0 Å². The summed E-state index contributed by atoms with van der Waals surface area (Å²) in [4.78, 5) is 42.0. The normalized spacial score (nSPS) is 12.7. The molecule has 2 aromatic heterocycles. The highest BCUT2D eigenvalue weighted by Crippen LogP contribution is 2.32. The van der Waals surface area contributed by atoms with Crippen LogP contribution in [-0.4, -0.2) is 26.2 Å². The zero-order valence-electron chi connectivity index (χ0n) is 20.5. The summed E-state index contributed by atoms with van der Waals surface area (Å²) >= 11 is 0. The maximum absolute atomic E-state index is 14.9. The van der Waals surface area contributed by atoms with Crippen LogP contribution in [0, 0.1) is 24.5 Å². The van der Waals surface area contributed by atoms with Gasteiger partial charge in [0.2, 0.25) is 11.7 Å². The number of benzene rings is 2. The molecule has 194 valence electrons. The Morgan fingerprint density at radius 2 is 1.76 bits per heavy atom. The van der Waals surface area contributed by atoms with Gasteiger partial charge in [0.05, 0.1) is 17.1 Å². The molecule has 2 aromatic carbocycles. The van der Waals surface area contributed by atoms with Crippen LogP contribution in [0.1, 0.15) is 28.9 Å². The molecule has 0 aliphatic heterocycles. The lowest BCUT2D eigenvalue weighted by molar-refractivity contribution is -0.117. The summed E-state index contributed by atoms with van der Waals surface area (Å²) in [7, 11) is 1.62. The minimum absolute atomic E-state index is 0.0310. The maximum atomic E-state index is 14.9. The fraction of sp³-hybridized carbons (Fsp3) is 0.185. The third-order valence-electron chi connectivity index (χ3n) is 6.23. The van der Waals surface area contributed by atoms with E-state index in [1.54, 1.807) is 44.3 Å². The van der Waals surface area contributed by atoms with Gasteiger partial charge in [0.15, 0.2) is 11.6 Å². The van der Waals surface area contributed by atoms with Crippen LogP contribution in [0.3, 0.4) is 0 Å². The summed E-state index contributed by atoms with van der Waals surface area (Å²) in [6.45, 7) is 1.58. The van der Waals surface area contributed by atoms with Gasteiger partial charge in [0.1, 0.15) is 17.1 Å². The highest BCUT2D eigenvalue weighted by molar-refractivity contribution is 6.05. The van der Waals surface area contributed by atoms with E-state index in [0.717, 1.165) is 25.0 Å². The van der Waals surface area contributed by atoms with Gasteiger partial charge in [-0.3, -0.25) is 19.1 Å². The van der Waals surface area contributed by atoms with Crippen LogP contribution in [0.15, 0.2) is 65.6 Å². The van der Waals surface area contributed by atoms with Crippen molar-refractivity contribution in [1.29, 1.82) is 0 Å². The fourth-order valence-electron chi connectivity index (χ4n) is 3.97. The molecule has 0 atom stereocenters. The molecule has 2 heterocycles. The molecular formula is C27H23F2N5O4. The standard InChI is InChI=1S/C27H23F2N5O4/c1-15-22(27(37)34(33(15)2)17-6-4-3-5-7-17)26(36)31-19-10-11-20(24(29)23(19)28)38-18-12-13-30-21(14-18)32-25(35)16-8-9-16/h3-7,10-14,16H,8-9H2,1-2H3,(H,31,36)(H,30,32,35). The minimum Gasteiger partial charge on any atom is -0.454 e. The molecule has 2 amide bonds. The summed E-state index contributed by atoms with van der Waals surface area (Å²) in [5.41, 5.74) is -0.363. The summed E-state index contributed by atoms with van der Waals surface area (Å²) in [5, 5.41) is 4.94. The molecule has 0 spiro atoms. The Morgan fingerprint density at radius 1 is 1.03 bits per heavy atom. The Morgan fingerprint density at radius 3 is 2.47 bits per heavy atom. The van der Waals surface area contributed by atoms with Crippen molar-refractivity contribution < 1.29 is 23.1 Å². The van der Waals surface area contributed by atoms with E-state index in [4.69, 9.17) is 4.74 Å². The third kappa shape index (κ3) is 4.77. The summed E-state index contributed by atoms with van der Waals surface area (Å²) < 4.78 is 38.1. The van der Waals surface area contributed by atoms with Crippen LogP contribution in [0.4, 0.5) is 20.3 Å². The number of ether oxygens (including phenoxy) is 1. The number of nitrogens with zero attached hydrogens (tertiary/aromatic N) is 3.